The van der Waals surface area contributed by atoms with E-state index in [0.717, 1.165) is 29.9 Å². The van der Waals surface area contributed by atoms with E-state index < -0.39 is 0 Å². The number of anilines is 1. The Bertz CT molecular complexity index is 373. The summed E-state index contributed by atoms with van der Waals surface area (Å²) in [5, 5.41) is 3.46. The number of pyridine rings is 1. The number of rotatable bonds is 6. The SMILES string of the molecule is CCOc1cccnc1NCC1CCC(CC)CC1. The summed E-state index contributed by atoms with van der Waals surface area (Å²) in [7, 11) is 0. The van der Waals surface area contributed by atoms with Gasteiger partial charge in [0.05, 0.1) is 6.61 Å². The van der Waals surface area contributed by atoms with Gasteiger partial charge in [-0.1, -0.05) is 26.2 Å². The van der Waals surface area contributed by atoms with Crippen LogP contribution in [0.3, 0.4) is 0 Å². The Morgan fingerprint density at radius 1 is 1.21 bits per heavy atom. The van der Waals surface area contributed by atoms with Crippen molar-refractivity contribution in [2.24, 2.45) is 11.8 Å². The van der Waals surface area contributed by atoms with Crippen LogP contribution in [-0.4, -0.2) is 18.1 Å². The van der Waals surface area contributed by atoms with Crippen molar-refractivity contribution < 1.29 is 4.74 Å². The summed E-state index contributed by atoms with van der Waals surface area (Å²) in [6.07, 6.45) is 8.64. The first-order valence-corrected chi connectivity index (χ1v) is 7.65. The van der Waals surface area contributed by atoms with Gasteiger partial charge >= 0.3 is 0 Å². The maximum atomic E-state index is 5.59. The Hall–Kier alpha value is -1.25. The number of hydrogen-bond acceptors (Lipinski definition) is 3. The lowest BCUT2D eigenvalue weighted by molar-refractivity contribution is 0.277. The molecule has 0 saturated heterocycles. The minimum absolute atomic E-state index is 0.683. The van der Waals surface area contributed by atoms with Crippen molar-refractivity contribution in [1.82, 2.24) is 4.98 Å². The number of hydrogen-bond donors (Lipinski definition) is 1. The van der Waals surface area contributed by atoms with E-state index >= 15 is 0 Å². The Morgan fingerprint density at radius 2 is 1.95 bits per heavy atom. The predicted molar refractivity (Wildman–Crippen MR) is 79.6 cm³/mol. The van der Waals surface area contributed by atoms with Crippen LogP contribution in [0.15, 0.2) is 18.3 Å². The van der Waals surface area contributed by atoms with Crippen LogP contribution in [0.1, 0.15) is 46.0 Å². The van der Waals surface area contributed by atoms with E-state index in [-0.39, 0.29) is 0 Å². The quantitative estimate of drug-likeness (QED) is 0.837. The van der Waals surface area contributed by atoms with Crippen LogP contribution in [0.5, 0.6) is 5.75 Å². The smallest absolute Gasteiger partial charge is 0.168 e. The second kappa shape index (κ2) is 7.37. The number of ether oxygens (including phenoxy) is 1. The van der Waals surface area contributed by atoms with Gasteiger partial charge in [-0.15, -0.1) is 0 Å². The van der Waals surface area contributed by atoms with Crippen LogP contribution in [0.25, 0.3) is 0 Å². The molecular formula is C16H26N2O. The fourth-order valence-electron chi connectivity index (χ4n) is 2.88. The third kappa shape index (κ3) is 4.12. The Morgan fingerprint density at radius 3 is 2.63 bits per heavy atom. The second-order valence-corrected chi connectivity index (χ2v) is 5.46. The molecule has 106 valence electrons. The first-order valence-electron chi connectivity index (χ1n) is 7.65. The van der Waals surface area contributed by atoms with Gasteiger partial charge in [0.2, 0.25) is 0 Å². The summed E-state index contributed by atoms with van der Waals surface area (Å²) < 4.78 is 5.59. The fraction of sp³-hybridized carbons (Fsp3) is 0.688. The normalized spacial score (nSPS) is 23.1. The molecule has 0 unspecified atom stereocenters. The third-order valence-corrected chi connectivity index (χ3v) is 4.17. The zero-order valence-corrected chi connectivity index (χ0v) is 12.2. The second-order valence-electron chi connectivity index (χ2n) is 5.46. The molecule has 1 saturated carbocycles. The van der Waals surface area contributed by atoms with Gasteiger partial charge < -0.3 is 10.1 Å². The van der Waals surface area contributed by atoms with Gasteiger partial charge in [0.15, 0.2) is 11.6 Å². The van der Waals surface area contributed by atoms with Gasteiger partial charge in [-0.25, -0.2) is 4.98 Å². The molecule has 0 radical (unpaired) electrons. The molecule has 0 bridgehead atoms. The number of aromatic nitrogens is 1. The lowest BCUT2D eigenvalue weighted by atomic mass is 9.81. The molecule has 1 aliphatic rings. The molecule has 0 spiro atoms. The van der Waals surface area contributed by atoms with Crippen molar-refractivity contribution >= 4 is 5.82 Å². The van der Waals surface area contributed by atoms with Crippen molar-refractivity contribution in [3.05, 3.63) is 18.3 Å². The monoisotopic (exact) mass is 262 g/mol. The first kappa shape index (κ1) is 14.2. The fourth-order valence-corrected chi connectivity index (χ4v) is 2.88. The molecule has 0 atom stereocenters. The van der Waals surface area contributed by atoms with Gasteiger partial charge in [-0.2, -0.15) is 0 Å². The molecule has 1 N–H and O–H groups in total. The molecule has 1 heterocycles. The van der Waals surface area contributed by atoms with E-state index in [1.54, 1.807) is 0 Å². The summed E-state index contributed by atoms with van der Waals surface area (Å²) in [5.41, 5.74) is 0. The highest BCUT2D eigenvalue weighted by atomic mass is 16.5. The summed E-state index contributed by atoms with van der Waals surface area (Å²) >= 11 is 0. The predicted octanol–water partition coefficient (Wildman–Crippen LogP) is 4.11. The maximum absolute atomic E-state index is 5.59. The largest absolute Gasteiger partial charge is 0.490 e. The first-order chi connectivity index (χ1) is 9.33. The van der Waals surface area contributed by atoms with Crippen molar-refractivity contribution in [3.63, 3.8) is 0 Å². The zero-order valence-electron chi connectivity index (χ0n) is 12.2. The summed E-state index contributed by atoms with van der Waals surface area (Å²) in [4.78, 5) is 4.38. The molecule has 2 rings (SSSR count). The van der Waals surface area contributed by atoms with Gasteiger partial charge in [-0.3, -0.25) is 0 Å². The maximum Gasteiger partial charge on any atom is 0.168 e. The molecule has 0 amide bonds. The van der Waals surface area contributed by atoms with Gasteiger partial charge in [0, 0.05) is 12.7 Å². The standard InChI is InChI=1S/C16H26N2O/c1-3-13-7-9-14(10-8-13)12-18-16-15(19-4-2)6-5-11-17-16/h5-6,11,13-14H,3-4,7-10,12H2,1-2H3,(H,17,18). The van der Waals surface area contributed by atoms with E-state index in [1.165, 1.54) is 32.1 Å². The molecule has 0 aromatic carbocycles. The lowest BCUT2D eigenvalue weighted by Crippen LogP contribution is -2.21. The molecular weight excluding hydrogens is 236 g/mol. The van der Waals surface area contributed by atoms with Crippen molar-refractivity contribution in [3.8, 4) is 5.75 Å². The molecule has 1 aromatic heterocycles. The van der Waals surface area contributed by atoms with E-state index in [2.05, 4.69) is 17.2 Å². The summed E-state index contributed by atoms with van der Waals surface area (Å²) in [5.74, 6) is 3.51. The van der Waals surface area contributed by atoms with Crippen LogP contribution in [-0.2, 0) is 0 Å². The molecule has 3 nitrogen and oxygen atoms in total. The minimum atomic E-state index is 0.683. The van der Waals surface area contributed by atoms with E-state index in [1.807, 2.05) is 25.3 Å². The van der Waals surface area contributed by atoms with Crippen molar-refractivity contribution in [2.45, 2.75) is 46.0 Å². The van der Waals surface area contributed by atoms with E-state index in [9.17, 15) is 0 Å². The molecule has 1 aliphatic carbocycles. The molecule has 3 heteroatoms. The highest BCUT2D eigenvalue weighted by molar-refractivity contribution is 5.49. The topological polar surface area (TPSA) is 34.1 Å². The van der Waals surface area contributed by atoms with Crippen LogP contribution < -0.4 is 10.1 Å². The number of nitrogens with zero attached hydrogens (tertiary/aromatic N) is 1. The van der Waals surface area contributed by atoms with Gasteiger partial charge in [-0.05, 0) is 43.7 Å². The Balaban J connectivity index is 1.82. The van der Waals surface area contributed by atoms with Crippen LogP contribution in [0.4, 0.5) is 5.82 Å². The van der Waals surface area contributed by atoms with Gasteiger partial charge in [0.25, 0.3) is 0 Å². The Labute approximate surface area is 116 Å². The molecule has 19 heavy (non-hydrogen) atoms. The Kier molecular flexibility index (Phi) is 5.49. The van der Waals surface area contributed by atoms with E-state index in [0.29, 0.717) is 6.61 Å². The summed E-state index contributed by atoms with van der Waals surface area (Å²) in [6, 6.07) is 3.90. The lowest BCUT2D eigenvalue weighted by Gasteiger charge is -2.28. The third-order valence-electron chi connectivity index (χ3n) is 4.17. The van der Waals surface area contributed by atoms with Crippen molar-refractivity contribution in [2.75, 3.05) is 18.5 Å². The molecule has 0 aliphatic heterocycles. The average Bonchev–Trinajstić information content (AvgIpc) is 2.47. The van der Waals surface area contributed by atoms with Gasteiger partial charge in [0.1, 0.15) is 0 Å². The highest BCUT2D eigenvalue weighted by Gasteiger charge is 2.20. The molecule has 1 fully saturated rings. The van der Waals surface area contributed by atoms with E-state index in [4.69, 9.17) is 4.74 Å². The molecule has 1 aromatic rings. The van der Waals surface area contributed by atoms with Crippen molar-refractivity contribution in [1.29, 1.82) is 0 Å². The van der Waals surface area contributed by atoms with Crippen LogP contribution in [0, 0.1) is 11.8 Å². The highest BCUT2D eigenvalue weighted by Crippen LogP contribution is 2.31. The van der Waals surface area contributed by atoms with Crippen LogP contribution >= 0.6 is 0 Å². The minimum Gasteiger partial charge on any atom is -0.490 e. The average molecular weight is 262 g/mol. The van der Waals surface area contributed by atoms with Crippen LogP contribution in [0.2, 0.25) is 0 Å². The summed E-state index contributed by atoms with van der Waals surface area (Å²) in [6.45, 7) is 6.02. The zero-order chi connectivity index (χ0) is 13.5. The number of nitrogens with one attached hydrogen (secondary N) is 1.